The van der Waals surface area contributed by atoms with Crippen molar-refractivity contribution in [3.8, 4) is 5.75 Å². The molecule has 1 saturated carbocycles. The van der Waals surface area contributed by atoms with Crippen molar-refractivity contribution in [1.82, 2.24) is 5.32 Å². The molecule has 3 atom stereocenters. The van der Waals surface area contributed by atoms with Crippen molar-refractivity contribution in [2.75, 3.05) is 6.54 Å². The molecule has 1 aromatic carbocycles. The normalized spacial score (nSPS) is 26.1. The van der Waals surface area contributed by atoms with Gasteiger partial charge >= 0.3 is 0 Å². The molecule has 1 aliphatic carbocycles. The highest BCUT2D eigenvalue weighted by molar-refractivity contribution is 5.25. The van der Waals surface area contributed by atoms with E-state index in [0.717, 1.165) is 31.9 Å². The zero-order valence-corrected chi connectivity index (χ0v) is 13.0. The molecular formula is C17H25F2NO. The van der Waals surface area contributed by atoms with Crippen LogP contribution in [0.5, 0.6) is 5.75 Å². The van der Waals surface area contributed by atoms with E-state index in [1.54, 1.807) is 0 Å². The summed E-state index contributed by atoms with van der Waals surface area (Å²) in [5.41, 5.74) is 0. The first kappa shape index (κ1) is 16.2. The SMILES string of the molecule is CCNC1CCC(C(C)C)CC1Oc1cccc(F)c1F. The Balaban J connectivity index is 2.13. The van der Waals surface area contributed by atoms with E-state index in [2.05, 4.69) is 19.2 Å². The molecule has 2 nitrogen and oxygen atoms in total. The molecular weight excluding hydrogens is 272 g/mol. The summed E-state index contributed by atoms with van der Waals surface area (Å²) in [6.45, 7) is 7.31. The molecule has 0 aliphatic heterocycles. The second-order valence-corrected chi connectivity index (χ2v) is 6.19. The first-order chi connectivity index (χ1) is 10.0. The summed E-state index contributed by atoms with van der Waals surface area (Å²) in [5, 5.41) is 3.41. The number of nitrogens with one attached hydrogen (secondary N) is 1. The van der Waals surface area contributed by atoms with Gasteiger partial charge in [0.15, 0.2) is 11.6 Å². The monoisotopic (exact) mass is 297 g/mol. The van der Waals surface area contributed by atoms with Gasteiger partial charge in [0, 0.05) is 6.04 Å². The Morgan fingerprint density at radius 3 is 2.71 bits per heavy atom. The third kappa shape index (κ3) is 3.94. The van der Waals surface area contributed by atoms with Crippen LogP contribution in [0.25, 0.3) is 0 Å². The van der Waals surface area contributed by atoms with Gasteiger partial charge in [-0.15, -0.1) is 0 Å². The van der Waals surface area contributed by atoms with Crippen LogP contribution in [0.4, 0.5) is 8.78 Å². The average Bonchev–Trinajstić information content (AvgIpc) is 2.45. The third-order valence-corrected chi connectivity index (χ3v) is 4.44. The first-order valence-corrected chi connectivity index (χ1v) is 7.87. The molecule has 1 aliphatic rings. The van der Waals surface area contributed by atoms with Crippen LogP contribution in [0.2, 0.25) is 0 Å². The third-order valence-electron chi connectivity index (χ3n) is 4.44. The van der Waals surface area contributed by atoms with Gasteiger partial charge < -0.3 is 10.1 Å². The van der Waals surface area contributed by atoms with Crippen LogP contribution < -0.4 is 10.1 Å². The second kappa shape index (κ2) is 7.21. The molecule has 0 radical (unpaired) electrons. The Bertz CT molecular complexity index is 464. The van der Waals surface area contributed by atoms with Crippen LogP contribution in [0.3, 0.4) is 0 Å². The van der Waals surface area contributed by atoms with Gasteiger partial charge in [0.05, 0.1) is 0 Å². The number of hydrogen-bond donors (Lipinski definition) is 1. The number of benzene rings is 1. The summed E-state index contributed by atoms with van der Waals surface area (Å²) >= 11 is 0. The zero-order valence-electron chi connectivity index (χ0n) is 13.0. The fourth-order valence-corrected chi connectivity index (χ4v) is 3.13. The molecule has 0 bridgehead atoms. The molecule has 21 heavy (non-hydrogen) atoms. The maximum atomic E-state index is 13.8. The molecule has 118 valence electrons. The van der Waals surface area contributed by atoms with E-state index in [-0.39, 0.29) is 17.9 Å². The van der Waals surface area contributed by atoms with Crippen LogP contribution >= 0.6 is 0 Å². The largest absolute Gasteiger partial charge is 0.486 e. The molecule has 0 spiro atoms. The lowest BCUT2D eigenvalue weighted by atomic mass is 9.78. The minimum Gasteiger partial charge on any atom is -0.486 e. The fourth-order valence-electron chi connectivity index (χ4n) is 3.13. The number of hydrogen-bond acceptors (Lipinski definition) is 2. The topological polar surface area (TPSA) is 21.3 Å². The van der Waals surface area contributed by atoms with Crippen LogP contribution in [0.15, 0.2) is 18.2 Å². The molecule has 1 fully saturated rings. The van der Waals surface area contributed by atoms with Gasteiger partial charge in [-0.2, -0.15) is 4.39 Å². The Morgan fingerprint density at radius 1 is 1.29 bits per heavy atom. The maximum absolute atomic E-state index is 13.8. The second-order valence-electron chi connectivity index (χ2n) is 6.19. The van der Waals surface area contributed by atoms with Gasteiger partial charge in [-0.05, 0) is 49.8 Å². The quantitative estimate of drug-likeness (QED) is 0.881. The van der Waals surface area contributed by atoms with Crippen LogP contribution in [-0.4, -0.2) is 18.7 Å². The van der Waals surface area contributed by atoms with Gasteiger partial charge in [-0.1, -0.05) is 26.8 Å². The fraction of sp³-hybridized carbons (Fsp3) is 0.647. The van der Waals surface area contributed by atoms with Gasteiger partial charge in [-0.3, -0.25) is 0 Å². The predicted molar refractivity (Wildman–Crippen MR) is 80.4 cm³/mol. The highest BCUT2D eigenvalue weighted by Crippen LogP contribution is 2.33. The molecule has 0 amide bonds. The van der Waals surface area contributed by atoms with Gasteiger partial charge in [-0.25, -0.2) is 4.39 Å². The highest BCUT2D eigenvalue weighted by atomic mass is 19.2. The van der Waals surface area contributed by atoms with Crippen molar-refractivity contribution in [3.05, 3.63) is 29.8 Å². The summed E-state index contributed by atoms with van der Waals surface area (Å²) in [5.74, 6) is -0.576. The summed E-state index contributed by atoms with van der Waals surface area (Å²) in [4.78, 5) is 0. The van der Waals surface area contributed by atoms with E-state index in [4.69, 9.17) is 4.74 Å². The van der Waals surface area contributed by atoms with Crippen molar-refractivity contribution < 1.29 is 13.5 Å². The lowest BCUT2D eigenvalue weighted by Crippen LogP contribution is -2.47. The molecule has 0 heterocycles. The molecule has 2 rings (SSSR count). The standard InChI is InChI=1S/C17H25F2NO/c1-4-20-14-9-8-12(11(2)3)10-16(14)21-15-7-5-6-13(18)17(15)19/h5-7,11-12,14,16,20H,4,8-10H2,1-3H3. The van der Waals surface area contributed by atoms with Crippen LogP contribution in [0.1, 0.15) is 40.0 Å². The Labute approximate surface area is 125 Å². The van der Waals surface area contributed by atoms with Crippen molar-refractivity contribution in [3.63, 3.8) is 0 Å². The number of halogens is 2. The van der Waals surface area contributed by atoms with Crippen molar-refractivity contribution in [2.45, 2.75) is 52.2 Å². The average molecular weight is 297 g/mol. The summed E-state index contributed by atoms with van der Waals surface area (Å²) in [6, 6.07) is 4.30. The summed E-state index contributed by atoms with van der Waals surface area (Å²) in [6.07, 6.45) is 2.94. The number of ether oxygens (including phenoxy) is 1. The minimum absolute atomic E-state index is 0.0207. The van der Waals surface area contributed by atoms with E-state index in [0.29, 0.717) is 11.8 Å². The molecule has 0 aromatic heterocycles. The summed E-state index contributed by atoms with van der Waals surface area (Å²) < 4.78 is 33.0. The van der Waals surface area contributed by atoms with Gasteiger partial charge in [0.1, 0.15) is 6.10 Å². The van der Waals surface area contributed by atoms with Gasteiger partial charge in [0.2, 0.25) is 5.82 Å². The molecule has 1 N–H and O–H groups in total. The molecule has 3 unspecified atom stereocenters. The summed E-state index contributed by atoms with van der Waals surface area (Å²) in [7, 11) is 0. The molecule has 4 heteroatoms. The molecule has 1 aromatic rings. The minimum atomic E-state index is -0.889. The van der Waals surface area contributed by atoms with E-state index in [1.165, 1.54) is 12.1 Å². The first-order valence-electron chi connectivity index (χ1n) is 7.87. The maximum Gasteiger partial charge on any atom is 0.200 e. The lowest BCUT2D eigenvalue weighted by Gasteiger charge is -2.38. The van der Waals surface area contributed by atoms with E-state index in [1.807, 2.05) is 6.92 Å². The van der Waals surface area contributed by atoms with Crippen molar-refractivity contribution in [2.24, 2.45) is 11.8 Å². The van der Waals surface area contributed by atoms with Crippen LogP contribution in [0, 0.1) is 23.5 Å². The van der Waals surface area contributed by atoms with Crippen molar-refractivity contribution in [1.29, 1.82) is 0 Å². The van der Waals surface area contributed by atoms with E-state index < -0.39 is 11.6 Å². The number of likely N-dealkylation sites (N-methyl/N-ethyl adjacent to an activating group) is 1. The van der Waals surface area contributed by atoms with E-state index in [9.17, 15) is 8.78 Å². The Morgan fingerprint density at radius 2 is 2.05 bits per heavy atom. The van der Waals surface area contributed by atoms with Crippen LogP contribution in [-0.2, 0) is 0 Å². The Hall–Kier alpha value is -1.16. The number of rotatable bonds is 5. The van der Waals surface area contributed by atoms with E-state index >= 15 is 0 Å². The predicted octanol–water partition coefficient (Wildman–Crippen LogP) is 4.15. The lowest BCUT2D eigenvalue weighted by molar-refractivity contribution is 0.0688. The van der Waals surface area contributed by atoms with Crippen molar-refractivity contribution >= 4 is 0 Å². The highest BCUT2D eigenvalue weighted by Gasteiger charge is 2.33. The smallest absolute Gasteiger partial charge is 0.200 e. The Kier molecular flexibility index (Phi) is 5.57. The van der Waals surface area contributed by atoms with Gasteiger partial charge in [0.25, 0.3) is 0 Å². The zero-order chi connectivity index (χ0) is 15.4. The molecule has 0 saturated heterocycles.